The Morgan fingerprint density at radius 2 is 2.04 bits per heavy atom. The number of nitrogens with zero attached hydrogens (tertiary/aromatic N) is 1. The van der Waals surface area contributed by atoms with Crippen LogP contribution in [-0.2, 0) is 21.4 Å². The van der Waals surface area contributed by atoms with Crippen LogP contribution in [0.4, 0.5) is 0 Å². The van der Waals surface area contributed by atoms with Crippen molar-refractivity contribution in [1.29, 1.82) is 0 Å². The molecule has 1 aliphatic heterocycles. The van der Waals surface area contributed by atoms with Gasteiger partial charge in [-0.1, -0.05) is 26.0 Å². The molecule has 23 heavy (non-hydrogen) atoms. The fraction of sp³-hybridized carbons (Fsp3) is 0.632. The first-order valence-electron chi connectivity index (χ1n) is 8.65. The lowest BCUT2D eigenvalue weighted by Gasteiger charge is -2.39. The predicted molar refractivity (Wildman–Crippen MR) is 92.0 cm³/mol. The third-order valence-corrected chi connectivity index (χ3v) is 5.03. The third-order valence-electron chi connectivity index (χ3n) is 5.03. The van der Waals surface area contributed by atoms with Crippen molar-refractivity contribution in [1.82, 2.24) is 4.90 Å². The number of carbonyl (C=O) groups excluding carboxylic acids is 1. The minimum atomic E-state index is 0.0458. The summed E-state index contributed by atoms with van der Waals surface area (Å²) in [5, 5.41) is 10.3. The maximum atomic E-state index is 10.3. The van der Waals surface area contributed by atoms with Crippen molar-refractivity contribution in [2.45, 2.75) is 44.9 Å². The molecule has 1 N–H and O–H groups in total. The number of ether oxygens (including phenoxy) is 1. The molecule has 128 valence electrons. The van der Waals surface area contributed by atoms with E-state index in [1.165, 1.54) is 5.56 Å². The maximum absolute atomic E-state index is 10.3. The molecule has 0 spiro atoms. The molecule has 1 saturated heterocycles. The van der Waals surface area contributed by atoms with Gasteiger partial charge >= 0.3 is 0 Å². The van der Waals surface area contributed by atoms with E-state index in [1.807, 2.05) is 12.1 Å². The fourth-order valence-corrected chi connectivity index (χ4v) is 3.28. The number of hydrogen-bond acceptors (Lipinski definition) is 4. The molecule has 1 heterocycles. The van der Waals surface area contributed by atoms with Crippen LogP contribution < -0.4 is 0 Å². The average Bonchev–Trinajstić information content (AvgIpc) is 2.56. The minimum absolute atomic E-state index is 0.0458. The number of phenols is 1. The van der Waals surface area contributed by atoms with Crippen LogP contribution in [0.1, 0.15) is 44.2 Å². The smallest absolute Gasteiger partial charge is 0.122 e. The Kier molecular flexibility index (Phi) is 6.60. The number of piperidine rings is 1. The minimum Gasteiger partial charge on any atom is -0.508 e. The van der Waals surface area contributed by atoms with Gasteiger partial charge in [-0.15, -0.1) is 0 Å². The van der Waals surface area contributed by atoms with Crippen LogP contribution in [0.25, 0.3) is 0 Å². The molecule has 2 rings (SSSR count). The SMILES string of the molecule is CCN1CCC(C)(c2cc(CCOCCC=O)ccc2O)CC1. The normalized spacial score (nSPS) is 18.0. The first-order valence-corrected chi connectivity index (χ1v) is 8.65. The van der Waals surface area contributed by atoms with E-state index < -0.39 is 0 Å². The van der Waals surface area contributed by atoms with Gasteiger partial charge in [-0.05, 0) is 55.9 Å². The summed E-state index contributed by atoms with van der Waals surface area (Å²) < 4.78 is 5.45. The Morgan fingerprint density at radius 1 is 1.30 bits per heavy atom. The number of carbonyl (C=O) groups is 1. The molecule has 1 fully saturated rings. The highest BCUT2D eigenvalue weighted by Crippen LogP contribution is 2.40. The molecule has 0 aromatic heterocycles. The molecule has 0 unspecified atom stereocenters. The van der Waals surface area contributed by atoms with Gasteiger partial charge in [0.1, 0.15) is 12.0 Å². The number of rotatable bonds is 8. The monoisotopic (exact) mass is 319 g/mol. The summed E-state index contributed by atoms with van der Waals surface area (Å²) in [6, 6.07) is 5.92. The quantitative estimate of drug-likeness (QED) is 0.591. The summed E-state index contributed by atoms with van der Waals surface area (Å²) in [7, 11) is 0. The number of aldehydes is 1. The van der Waals surface area contributed by atoms with Crippen molar-refractivity contribution in [3.8, 4) is 5.75 Å². The highest BCUT2D eigenvalue weighted by atomic mass is 16.5. The van der Waals surface area contributed by atoms with E-state index in [4.69, 9.17) is 4.74 Å². The van der Waals surface area contributed by atoms with E-state index in [2.05, 4.69) is 24.8 Å². The van der Waals surface area contributed by atoms with Gasteiger partial charge in [-0.25, -0.2) is 0 Å². The first-order chi connectivity index (χ1) is 11.1. The van der Waals surface area contributed by atoms with E-state index in [0.717, 1.165) is 50.7 Å². The zero-order valence-electron chi connectivity index (χ0n) is 14.4. The Bertz CT molecular complexity index is 507. The largest absolute Gasteiger partial charge is 0.508 e. The molecule has 0 radical (unpaired) electrons. The van der Waals surface area contributed by atoms with Crippen LogP contribution in [0.5, 0.6) is 5.75 Å². The van der Waals surface area contributed by atoms with Crippen LogP contribution in [-0.4, -0.2) is 49.1 Å². The molecule has 4 heteroatoms. The van der Waals surface area contributed by atoms with Crippen molar-refractivity contribution < 1.29 is 14.6 Å². The maximum Gasteiger partial charge on any atom is 0.122 e. The van der Waals surface area contributed by atoms with Crippen LogP contribution in [0, 0.1) is 0 Å². The van der Waals surface area contributed by atoms with Gasteiger partial charge in [-0.2, -0.15) is 0 Å². The molecule has 0 saturated carbocycles. The molecule has 4 nitrogen and oxygen atoms in total. The Hall–Kier alpha value is -1.39. The summed E-state index contributed by atoms with van der Waals surface area (Å²) in [6.45, 7) is 8.83. The van der Waals surface area contributed by atoms with Gasteiger partial charge in [-0.3, -0.25) is 0 Å². The third kappa shape index (κ3) is 4.79. The summed E-state index contributed by atoms with van der Waals surface area (Å²) in [6.07, 6.45) is 4.29. The second kappa shape index (κ2) is 8.46. The number of aromatic hydroxyl groups is 1. The van der Waals surface area contributed by atoms with Crippen molar-refractivity contribution in [2.24, 2.45) is 0 Å². The van der Waals surface area contributed by atoms with Gasteiger partial charge in [0, 0.05) is 12.0 Å². The Labute approximate surface area is 139 Å². The zero-order chi connectivity index (χ0) is 16.7. The summed E-state index contributed by atoms with van der Waals surface area (Å²) in [4.78, 5) is 12.7. The van der Waals surface area contributed by atoms with Gasteiger partial charge in [0.25, 0.3) is 0 Å². The molecule has 0 amide bonds. The van der Waals surface area contributed by atoms with Crippen LogP contribution in [0.15, 0.2) is 18.2 Å². The lowest BCUT2D eigenvalue weighted by molar-refractivity contribution is -0.108. The highest BCUT2D eigenvalue weighted by Gasteiger charge is 2.33. The van der Waals surface area contributed by atoms with Gasteiger partial charge in [0.15, 0.2) is 0 Å². The summed E-state index contributed by atoms with van der Waals surface area (Å²) in [5.41, 5.74) is 2.30. The van der Waals surface area contributed by atoms with E-state index in [1.54, 1.807) is 0 Å². The van der Waals surface area contributed by atoms with E-state index in [-0.39, 0.29) is 5.41 Å². The molecule has 0 aliphatic carbocycles. The number of phenolic OH excluding ortho intramolecular Hbond substituents is 1. The predicted octanol–water partition coefficient (Wildman–Crippen LogP) is 2.91. The number of benzene rings is 1. The first kappa shape index (κ1) is 18.0. The van der Waals surface area contributed by atoms with Gasteiger partial charge in [0.05, 0.1) is 13.2 Å². The lowest BCUT2D eigenvalue weighted by Crippen LogP contribution is -2.40. The van der Waals surface area contributed by atoms with Crippen molar-refractivity contribution in [2.75, 3.05) is 32.8 Å². The van der Waals surface area contributed by atoms with E-state index in [9.17, 15) is 9.90 Å². The van der Waals surface area contributed by atoms with Gasteiger partial charge in [0.2, 0.25) is 0 Å². The summed E-state index contributed by atoms with van der Waals surface area (Å²) in [5.74, 6) is 0.406. The van der Waals surface area contributed by atoms with E-state index >= 15 is 0 Å². The standard InChI is InChI=1S/C19H29NO3/c1-3-20-10-8-19(2,9-11-20)17-15-16(5-6-18(17)22)7-14-23-13-4-12-21/h5-6,12,15,22H,3-4,7-11,13-14H2,1-2H3. The zero-order valence-corrected chi connectivity index (χ0v) is 14.4. The second-order valence-corrected chi connectivity index (χ2v) is 6.66. The summed E-state index contributed by atoms with van der Waals surface area (Å²) >= 11 is 0. The fourth-order valence-electron chi connectivity index (χ4n) is 3.28. The Balaban J connectivity index is 2.01. The Morgan fingerprint density at radius 3 is 2.70 bits per heavy atom. The molecular weight excluding hydrogens is 290 g/mol. The lowest BCUT2D eigenvalue weighted by atomic mass is 9.73. The van der Waals surface area contributed by atoms with Crippen molar-refractivity contribution in [3.63, 3.8) is 0 Å². The van der Waals surface area contributed by atoms with E-state index in [0.29, 0.717) is 25.4 Å². The molecule has 1 aromatic carbocycles. The second-order valence-electron chi connectivity index (χ2n) is 6.66. The van der Waals surface area contributed by atoms with Crippen LogP contribution in [0.2, 0.25) is 0 Å². The molecule has 0 atom stereocenters. The van der Waals surface area contributed by atoms with Gasteiger partial charge < -0.3 is 19.5 Å². The van der Waals surface area contributed by atoms with Crippen molar-refractivity contribution >= 4 is 6.29 Å². The van der Waals surface area contributed by atoms with Crippen molar-refractivity contribution in [3.05, 3.63) is 29.3 Å². The molecular formula is C19H29NO3. The van der Waals surface area contributed by atoms with Crippen LogP contribution in [0.3, 0.4) is 0 Å². The average molecular weight is 319 g/mol. The molecule has 1 aromatic rings. The highest BCUT2D eigenvalue weighted by molar-refractivity contribution is 5.49. The molecule has 1 aliphatic rings. The molecule has 0 bridgehead atoms. The topological polar surface area (TPSA) is 49.8 Å². The number of likely N-dealkylation sites (tertiary alicyclic amines) is 1. The van der Waals surface area contributed by atoms with Crippen LogP contribution >= 0.6 is 0 Å². The number of hydrogen-bond donors (Lipinski definition) is 1.